The van der Waals surface area contributed by atoms with Gasteiger partial charge in [0.15, 0.2) is 0 Å². The molecule has 0 saturated heterocycles. The van der Waals surface area contributed by atoms with Crippen molar-refractivity contribution in [2.75, 3.05) is 5.32 Å². The molecule has 1 aromatic carbocycles. The molecule has 6 heteroatoms. The SMILES string of the molecule is C=CCC1(C(=O)Nc2ccc(C(=O)NC(C)C(=O)O)cc2)CCC1. The highest BCUT2D eigenvalue weighted by atomic mass is 16.4. The maximum absolute atomic E-state index is 12.4. The molecule has 0 heterocycles. The molecule has 0 aliphatic heterocycles. The summed E-state index contributed by atoms with van der Waals surface area (Å²) in [6.45, 7) is 5.11. The topological polar surface area (TPSA) is 95.5 Å². The van der Waals surface area contributed by atoms with E-state index in [1.807, 2.05) is 0 Å². The molecule has 24 heavy (non-hydrogen) atoms. The van der Waals surface area contributed by atoms with E-state index < -0.39 is 17.9 Å². The number of carboxylic acid groups (broad SMARTS) is 1. The lowest BCUT2D eigenvalue weighted by molar-refractivity contribution is -0.138. The quantitative estimate of drug-likeness (QED) is 0.670. The van der Waals surface area contributed by atoms with Gasteiger partial charge in [0.1, 0.15) is 6.04 Å². The van der Waals surface area contributed by atoms with Crippen molar-refractivity contribution in [1.82, 2.24) is 5.32 Å². The Hall–Kier alpha value is -2.63. The summed E-state index contributed by atoms with van der Waals surface area (Å²) in [5, 5.41) is 14.1. The molecule has 2 amide bonds. The van der Waals surface area contributed by atoms with Gasteiger partial charge < -0.3 is 15.7 Å². The van der Waals surface area contributed by atoms with Crippen molar-refractivity contribution >= 4 is 23.5 Å². The Bertz CT molecular complexity index is 647. The second-order valence-electron chi connectivity index (χ2n) is 6.19. The first-order chi connectivity index (χ1) is 11.4. The molecule has 1 atom stereocenters. The smallest absolute Gasteiger partial charge is 0.325 e. The van der Waals surface area contributed by atoms with E-state index in [1.165, 1.54) is 6.92 Å². The Morgan fingerprint density at radius 3 is 2.38 bits per heavy atom. The zero-order valence-electron chi connectivity index (χ0n) is 13.7. The van der Waals surface area contributed by atoms with Gasteiger partial charge in [0.25, 0.3) is 5.91 Å². The third-order valence-corrected chi connectivity index (χ3v) is 4.45. The summed E-state index contributed by atoms with van der Waals surface area (Å²) in [6, 6.07) is 5.42. The predicted molar refractivity (Wildman–Crippen MR) is 90.7 cm³/mol. The molecule has 1 aromatic rings. The molecule has 2 rings (SSSR count). The van der Waals surface area contributed by atoms with E-state index in [2.05, 4.69) is 17.2 Å². The van der Waals surface area contributed by atoms with Crippen LogP contribution in [0.25, 0.3) is 0 Å². The van der Waals surface area contributed by atoms with Gasteiger partial charge in [-0.25, -0.2) is 0 Å². The minimum absolute atomic E-state index is 0.0228. The minimum Gasteiger partial charge on any atom is -0.480 e. The summed E-state index contributed by atoms with van der Waals surface area (Å²) in [4.78, 5) is 35.1. The van der Waals surface area contributed by atoms with Crippen LogP contribution in [0.5, 0.6) is 0 Å². The fourth-order valence-corrected chi connectivity index (χ4v) is 2.71. The van der Waals surface area contributed by atoms with Crippen molar-refractivity contribution < 1.29 is 19.5 Å². The molecule has 1 saturated carbocycles. The van der Waals surface area contributed by atoms with E-state index in [9.17, 15) is 14.4 Å². The number of carboxylic acids is 1. The van der Waals surface area contributed by atoms with Crippen LogP contribution in [0.4, 0.5) is 5.69 Å². The van der Waals surface area contributed by atoms with Gasteiger partial charge in [-0.3, -0.25) is 14.4 Å². The van der Waals surface area contributed by atoms with E-state index in [4.69, 9.17) is 5.11 Å². The fraction of sp³-hybridized carbons (Fsp3) is 0.389. The molecule has 0 radical (unpaired) electrons. The summed E-state index contributed by atoms with van der Waals surface area (Å²) in [5.74, 6) is -1.59. The summed E-state index contributed by atoms with van der Waals surface area (Å²) in [7, 11) is 0. The Labute approximate surface area is 140 Å². The number of rotatable bonds is 7. The van der Waals surface area contributed by atoms with Crippen LogP contribution in [0.2, 0.25) is 0 Å². The predicted octanol–water partition coefficient (Wildman–Crippen LogP) is 2.57. The Morgan fingerprint density at radius 1 is 1.29 bits per heavy atom. The summed E-state index contributed by atoms with van der Waals surface area (Å²) < 4.78 is 0. The molecule has 3 N–H and O–H groups in total. The van der Waals surface area contributed by atoms with E-state index in [1.54, 1.807) is 30.3 Å². The van der Waals surface area contributed by atoms with E-state index in [-0.39, 0.29) is 11.3 Å². The van der Waals surface area contributed by atoms with Gasteiger partial charge in [0, 0.05) is 11.3 Å². The molecular formula is C18H22N2O4. The number of carbonyl (C=O) groups excluding carboxylic acids is 2. The van der Waals surface area contributed by atoms with Gasteiger partial charge in [0.05, 0.1) is 5.41 Å². The maximum Gasteiger partial charge on any atom is 0.325 e. The molecule has 1 unspecified atom stereocenters. The van der Waals surface area contributed by atoms with Crippen molar-refractivity contribution in [3.05, 3.63) is 42.5 Å². The van der Waals surface area contributed by atoms with Crippen LogP contribution < -0.4 is 10.6 Å². The van der Waals surface area contributed by atoms with Crippen LogP contribution >= 0.6 is 0 Å². The van der Waals surface area contributed by atoms with Crippen molar-refractivity contribution in [2.45, 2.75) is 38.6 Å². The lowest BCUT2D eigenvalue weighted by atomic mass is 9.66. The molecule has 1 aliphatic carbocycles. The normalized spacial score (nSPS) is 16.4. The zero-order chi connectivity index (χ0) is 17.7. The zero-order valence-corrected chi connectivity index (χ0v) is 13.7. The number of hydrogen-bond acceptors (Lipinski definition) is 3. The number of aliphatic carboxylic acids is 1. The molecule has 0 bridgehead atoms. The first-order valence-corrected chi connectivity index (χ1v) is 7.94. The van der Waals surface area contributed by atoms with E-state index >= 15 is 0 Å². The monoisotopic (exact) mass is 330 g/mol. The van der Waals surface area contributed by atoms with Crippen molar-refractivity contribution in [3.8, 4) is 0 Å². The van der Waals surface area contributed by atoms with Crippen molar-refractivity contribution in [2.24, 2.45) is 5.41 Å². The highest BCUT2D eigenvalue weighted by Gasteiger charge is 2.42. The number of anilines is 1. The number of benzene rings is 1. The Kier molecular flexibility index (Phi) is 5.39. The van der Waals surface area contributed by atoms with Gasteiger partial charge in [-0.1, -0.05) is 12.5 Å². The number of hydrogen-bond donors (Lipinski definition) is 3. The highest BCUT2D eigenvalue weighted by molar-refractivity contribution is 5.98. The molecule has 128 valence electrons. The van der Waals surface area contributed by atoms with Gasteiger partial charge in [-0.05, 0) is 50.5 Å². The third-order valence-electron chi connectivity index (χ3n) is 4.45. The molecule has 0 aromatic heterocycles. The molecule has 6 nitrogen and oxygen atoms in total. The summed E-state index contributed by atoms with van der Waals surface area (Å²) in [6.07, 6.45) is 5.20. The number of amides is 2. The van der Waals surface area contributed by atoms with Crippen LogP contribution in [-0.4, -0.2) is 28.9 Å². The van der Waals surface area contributed by atoms with Crippen LogP contribution in [0.15, 0.2) is 36.9 Å². The van der Waals surface area contributed by atoms with Crippen LogP contribution in [0.3, 0.4) is 0 Å². The van der Waals surface area contributed by atoms with Gasteiger partial charge in [-0.15, -0.1) is 6.58 Å². The molecule has 1 fully saturated rings. The maximum atomic E-state index is 12.4. The largest absolute Gasteiger partial charge is 0.480 e. The van der Waals surface area contributed by atoms with Gasteiger partial charge in [0.2, 0.25) is 5.91 Å². The molecule has 1 aliphatic rings. The fourth-order valence-electron chi connectivity index (χ4n) is 2.71. The van der Waals surface area contributed by atoms with Gasteiger partial charge >= 0.3 is 5.97 Å². The number of nitrogens with one attached hydrogen (secondary N) is 2. The van der Waals surface area contributed by atoms with Crippen LogP contribution in [-0.2, 0) is 9.59 Å². The summed E-state index contributed by atoms with van der Waals surface area (Å²) in [5.41, 5.74) is 0.595. The highest BCUT2D eigenvalue weighted by Crippen LogP contribution is 2.45. The van der Waals surface area contributed by atoms with Crippen molar-refractivity contribution in [3.63, 3.8) is 0 Å². The van der Waals surface area contributed by atoms with Crippen molar-refractivity contribution in [1.29, 1.82) is 0 Å². The Balaban J connectivity index is 1.99. The average molecular weight is 330 g/mol. The second-order valence-corrected chi connectivity index (χ2v) is 6.19. The number of carbonyl (C=O) groups is 3. The van der Waals surface area contributed by atoms with E-state index in [0.717, 1.165) is 19.3 Å². The lowest BCUT2D eigenvalue weighted by Crippen LogP contribution is -2.41. The number of allylic oxidation sites excluding steroid dienone is 1. The molecular weight excluding hydrogens is 308 g/mol. The second kappa shape index (κ2) is 7.29. The van der Waals surface area contributed by atoms with Gasteiger partial charge in [-0.2, -0.15) is 0 Å². The standard InChI is InChI=1S/C18H22N2O4/c1-3-9-18(10-4-11-18)17(24)20-14-7-5-13(6-8-14)15(21)19-12(2)16(22)23/h3,5-8,12H,1,4,9-11H2,2H3,(H,19,21)(H,20,24)(H,22,23). The van der Waals surface area contributed by atoms with Crippen LogP contribution in [0, 0.1) is 5.41 Å². The van der Waals surface area contributed by atoms with Crippen LogP contribution in [0.1, 0.15) is 43.0 Å². The third kappa shape index (κ3) is 3.82. The molecule has 0 spiro atoms. The first-order valence-electron chi connectivity index (χ1n) is 7.94. The van der Waals surface area contributed by atoms with E-state index in [0.29, 0.717) is 17.7 Å². The minimum atomic E-state index is -1.10. The average Bonchev–Trinajstić information content (AvgIpc) is 2.51. The summed E-state index contributed by atoms with van der Waals surface area (Å²) >= 11 is 0. The lowest BCUT2D eigenvalue weighted by Gasteiger charge is -2.39. The first kappa shape index (κ1) is 17.7. The Morgan fingerprint density at radius 2 is 1.92 bits per heavy atom.